The molecule has 2 atom stereocenters. The van der Waals surface area contributed by atoms with Crippen LogP contribution in [0, 0.1) is 5.92 Å². The monoisotopic (exact) mass is 503 g/mol. The third-order valence-corrected chi connectivity index (χ3v) is 4.42. The lowest BCUT2D eigenvalue weighted by Crippen LogP contribution is -2.46. The average Bonchev–Trinajstić information content (AvgIpc) is 3.04. The third-order valence-electron chi connectivity index (χ3n) is 4.42. The Hall–Kier alpha value is -1.07. The van der Waals surface area contributed by atoms with Gasteiger partial charge in [0.1, 0.15) is 0 Å². The highest BCUT2D eigenvalue weighted by atomic mass is 127. The van der Waals surface area contributed by atoms with Crippen molar-refractivity contribution in [3.05, 3.63) is 11.7 Å². The minimum Gasteiger partial charge on any atom is -0.357 e. The number of alkyl halides is 3. The van der Waals surface area contributed by atoms with Crippen LogP contribution in [0.5, 0.6) is 0 Å². The number of nitrogens with zero attached hydrogens (tertiary/aromatic N) is 3. The highest BCUT2D eigenvalue weighted by Gasteiger charge is 2.42. The van der Waals surface area contributed by atoms with E-state index in [-0.39, 0.29) is 48.8 Å². The van der Waals surface area contributed by atoms with Gasteiger partial charge in [0.05, 0.1) is 12.5 Å². The van der Waals surface area contributed by atoms with E-state index in [9.17, 15) is 13.2 Å². The van der Waals surface area contributed by atoms with E-state index in [0.29, 0.717) is 43.6 Å². The standard InChI is InChI=1S/C17H28F3N5O.HI/c1-4-21-16(22-9-8-14-24-15(11(2)3)25-26-14)23-13-7-5-6-12(10-13)17(18,19)20;/h11-13H,4-10H2,1-3H3,(H2,21,22,23);1H. The summed E-state index contributed by atoms with van der Waals surface area (Å²) < 4.78 is 44.0. The van der Waals surface area contributed by atoms with E-state index in [0.717, 1.165) is 6.42 Å². The van der Waals surface area contributed by atoms with E-state index in [2.05, 4.69) is 25.8 Å². The highest BCUT2D eigenvalue weighted by molar-refractivity contribution is 14.0. The van der Waals surface area contributed by atoms with Gasteiger partial charge >= 0.3 is 6.18 Å². The number of aliphatic imine (C=N–C) groups is 1. The molecule has 0 aliphatic heterocycles. The lowest BCUT2D eigenvalue weighted by Gasteiger charge is -2.31. The SMILES string of the molecule is CCNC(=NCCc1nc(C(C)C)no1)NC1CCCC(C(F)(F)F)C1.I. The van der Waals surface area contributed by atoms with Crippen LogP contribution >= 0.6 is 24.0 Å². The zero-order chi connectivity index (χ0) is 19.2. The van der Waals surface area contributed by atoms with E-state index in [1.807, 2.05) is 20.8 Å². The molecule has 2 N–H and O–H groups in total. The maximum absolute atomic E-state index is 13.0. The van der Waals surface area contributed by atoms with E-state index in [4.69, 9.17) is 4.52 Å². The van der Waals surface area contributed by atoms with Crippen LogP contribution in [-0.2, 0) is 6.42 Å². The fourth-order valence-electron chi connectivity index (χ4n) is 3.00. The molecule has 1 aliphatic rings. The topological polar surface area (TPSA) is 75.3 Å². The van der Waals surface area contributed by atoms with Crippen molar-refractivity contribution in [3.8, 4) is 0 Å². The van der Waals surface area contributed by atoms with Gasteiger partial charge in [-0.15, -0.1) is 24.0 Å². The van der Waals surface area contributed by atoms with E-state index >= 15 is 0 Å². The van der Waals surface area contributed by atoms with Gasteiger partial charge in [-0.2, -0.15) is 18.2 Å². The van der Waals surface area contributed by atoms with Gasteiger partial charge in [0.2, 0.25) is 5.89 Å². The number of hydrogen-bond acceptors (Lipinski definition) is 4. The molecule has 0 spiro atoms. The summed E-state index contributed by atoms with van der Waals surface area (Å²) >= 11 is 0. The zero-order valence-electron chi connectivity index (χ0n) is 16.0. The van der Waals surface area contributed by atoms with Crippen LogP contribution in [0.3, 0.4) is 0 Å². The maximum atomic E-state index is 13.0. The second kappa shape index (κ2) is 11.1. The van der Waals surface area contributed by atoms with Gasteiger partial charge in [0, 0.05) is 24.9 Å². The molecule has 27 heavy (non-hydrogen) atoms. The lowest BCUT2D eigenvalue weighted by molar-refractivity contribution is -0.183. The van der Waals surface area contributed by atoms with Gasteiger partial charge < -0.3 is 15.2 Å². The van der Waals surface area contributed by atoms with Gasteiger partial charge in [-0.05, 0) is 26.2 Å². The molecule has 0 aromatic carbocycles. The summed E-state index contributed by atoms with van der Waals surface area (Å²) in [6.45, 7) is 6.95. The summed E-state index contributed by atoms with van der Waals surface area (Å²) in [5.74, 6) is 0.675. The Labute approximate surface area is 175 Å². The first-order valence-corrected chi connectivity index (χ1v) is 9.23. The van der Waals surface area contributed by atoms with Gasteiger partial charge in [0.15, 0.2) is 11.8 Å². The number of nitrogens with one attached hydrogen (secondary N) is 2. The minimum atomic E-state index is -4.12. The van der Waals surface area contributed by atoms with Crippen molar-refractivity contribution in [2.45, 2.75) is 71.0 Å². The first-order valence-electron chi connectivity index (χ1n) is 9.23. The second-order valence-electron chi connectivity index (χ2n) is 6.96. The van der Waals surface area contributed by atoms with Crippen molar-refractivity contribution >= 4 is 29.9 Å². The number of hydrogen-bond donors (Lipinski definition) is 2. The van der Waals surface area contributed by atoms with Gasteiger partial charge in [0.25, 0.3) is 0 Å². The number of rotatable bonds is 6. The molecule has 0 bridgehead atoms. The Morgan fingerprint density at radius 2 is 2.07 bits per heavy atom. The molecule has 1 saturated carbocycles. The Morgan fingerprint density at radius 3 is 2.67 bits per heavy atom. The predicted octanol–water partition coefficient (Wildman–Crippen LogP) is 4.03. The molecule has 10 heteroatoms. The van der Waals surface area contributed by atoms with Crippen LogP contribution < -0.4 is 10.6 Å². The molecule has 156 valence electrons. The molecule has 6 nitrogen and oxygen atoms in total. The quantitative estimate of drug-likeness (QED) is 0.349. The van der Waals surface area contributed by atoms with E-state index in [1.54, 1.807) is 0 Å². The predicted molar refractivity (Wildman–Crippen MR) is 108 cm³/mol. The molecule has 0 radical (unpaired) electrons. The van der Waals surface area contributed by atoms with Gasteiger partial charge in [-0.25, -0.2) is 0 Å². The molecule has 1 fully saturated rings. The fourth-order valence-corrected chi connectivity index (χ4v) is 3.00. The Bertz CT molecular complexity index is 591. The van der Waals surface area contributed by atoms with Gasteiger partial charge in [-0.1, -0.05) is 25.4 Å². The van der Waals surface area contributed by atoms with Crippen molar-refractivity contribution in [1.82, 2.24) is 20.8 Å². The van der Waals surface area contributed by atoms with Crippen molar-refractivity contribution < 1.29 is 17.7 Å². The van der Waals surface area contributed by atoms with E-state index in [1.165, 1.54) is 0 Å². The molecule has 1 aliphatic carbocycles. The van der Waals surface area contributed by atoms with Crippen LogP contribution in [0.15, 0.2) is 9.52 Å². The van der Waals surface area contributed by atoms with Crippen molar-refractivity contribution in [3.63, 3.8) is 0 Å². The molecular weight excluding hydrogens is 474 g/mol. The smallest absolute Gasteiger partial charge is 0.357 e. The summed E-state index contributed by atoms with van der Waals surface area (Å²) in [5.41, 5.74) is 0. The maximum Gasteiger partial charge on any atom is 0.391 e. The third kappa shape index (κ3) is 7.82. The van der Waals surface area contributed by atoms with Crippen LogP contribution in [0.2, 0.25) is 0 Å². The van der Waals surface area contributed by atoms with Gasteiger partial charge in [-0.3, -0.25) is 4.99 Å². The fraction of sp³-hybridized carbons (Fsp3) is 0.824. The Balaban J connectivity index is 0.00000364. The summed E-state index contributed by atoms with van der Waals surface area (Å²) in [4.78, 5) is 8.72. The van der Waals surface area contributed by atoms with Crippen molar-refractivity contribution in [1.29, 1.82) is 0 Å². The minimum absolute atomic E-state index is 0. The second-order valence-corrected chi connectivity index (χ2v) is 6.96. The number of halogens is 4. The average molecular weight is 503 g/mol. The van der Waals surface area contributed by atoms with Crippen LogP contribution in [0.25, 0.3) is 0 Å². The summed E-state index contributed by atoms with van der Waals surface area (Å²) in [6.07, 6.45) is -2.03. The summed E-state index contributed by atoms with van der Waals surface area (Å²) in [6, 6.07) is -0.218. The number of guanidine groups is 1. The van der Waals surface area contributed by atoms with Crippen LogP contribution in [0.1, 0.15) is 64.1 Å². The molecule has 1 aromatic rings. The molecule has 0 saturated heterocycles. The lowest BCUT2D eigenvalue weighted by atomic mass is 9.85. The number of aromatic nitrogens is 2. The molecular formula is C17H29F3IN5O. The Morgan fingerprint density at radius 1 is 1.33 bits per heavy atom. The van der Waals surface area contributed by atoms with E-state index < -0.39 is 12.1 Å². The Kier molecular flexibility index (Phi) is 9.82. The molecule has 2 rings (SSSR count). The molecule has 0 amide bonds. The zero-order valence-corrected chi connectivity index (χ0v) is 18.3. The molecule has 1 heterocycles. The molecule has 2 unspecified atom stereocenters. The normalized spacial score (nSPS) is 21.1. The van der Waals surface area contributed by atoms with Crippen molar-refractivity contribution in [2.24, 2.45) is 10.9 Å². The summed E-state index contributed by atoms with van der Waals surface area (Å²) in [5, 5.41) is 10.1. The van der Waals surface area contributed by atoms with Crippen LogP contribution in [0.4, 0.5) is 13.2 Å². The van der Waals surface area contributed by atoms with Crippen molar-refractivity contribution in [2.75, 3.05) is 13.1 Å². The largest absolute Gasteiger partial charge is 0.391 e. The van der Waals surface area contributed by atoms with Crippen LogP contribution in [-0.4, -0.2) is 41.4 Å². The first-order chi connectivity index (χ1) is 12.3. The summed E-state index contributed by atoms with van der Waals surface area (Å²) in [7, 11) is 0. The first kappa shape index (κ1) is 24.0. The molecule has 1 aromatic heterocycles. The highest BCUT2D eigenvalue weighted by Crippen LogP contribution is 2.37.